The Morgan fingerprint density at radius 2 is 1.82 bits per heavy atom. The van der Waals surface area contributed by atoms with Gasteiger partial charge in [0.25, 0.3) is 0 Å². The summed E-state index contributed by atoms with van der Waals surface area (Å²) in [6.07, 6.45) is 8.59. The Morgan fingerprint density at radius 3 is 2.18 bits per heavy atom. The topological polar surface area (TPSA) is 55.3 Å². The molecule has 3 nitrogen and oxygen atoms in total. The minimum Gasteiger partial charge on any atom is -0.397 e. The number of hydrogen-bond donors (Lipinski definition) is 2. The van der Waals surface area contributed by atoms with Crippen molar-refractivity contribution in [2.45, 2.75) is 26.3 Å². The third-order valence-electron chi connectivity index (χ3n) is 2.18. The van der Waals surface area contributed by atoms with Crippen molar-refractivity contribution in [1.82, 2.24) is 4.90 Å². The summed E-state index contributed by atoms with van der Waals surface area (Å²) in [5.74, 6) is 0. The summed E-state index contributed by atoms with van der Waals surface area (Å²) in [5, 5.41) is 0. The molecule has 0 fully saturated rings. The lowest BCUT2D eigenvalue weighted by molar-refractivity contribution is 0.426. The molecule has 0 amide bonds. The molecule has 0 aromatic rings. The van der Waals surface area contributed by atoms with Gasteiger partial charge >= 0.3 is 0 Å². The lowest BCUT2D eigenvalue weighted by atomic mass is 10.2. The summed E-state index contributed by atoms with van der Waals surface area (Å²) in [6, 6.07) is -0.0513. The molecule has 17 heavy (non-hydrogen) atoms. The van der Waals surface area contributed by atoms with Gasteiger partial charge in [-0.3, -0.25) is 0 Å². The quantitative estimate of drug-likeness (QED) is 0.500. The van der Waals surface area contributed by atoms with Crippen LogP contribution in [0.1, 0.15) is 20.3 Å². The van der Waals surface area contributed by atoms with Gasteiger partial charge in [0.1, 0.15) is 0 Å². The van der Waals surface area contributed by atoms with Gasteiger partial charge in [0.05, 0.1) is 11.4 Å². The first-order chi connectivity index (χ1) is 8.06. The molecule has 96 valence electrons. The van der Waals surface area contributed by atoms with Crippen LogP contribution in [0.4, 0.5) is 0 Å². The van der Waals surface area contributed by atoms with Gasteiger partial charge in [0, 0.05) is 19.1 Å². The Kier molecular flexibility index (Phi) is 7.89. The minimum absolute atomic E-state index is 0.0513. The van der Waals surface area contributed by atoms with E-state index in [1.54, 1.807) is 0 Å². The largest absolute Gasteiger partial charge is 0.397 e. The highest BCUT2D eigenvalue weighted by Gasteiger charge is 2.09. The molecule has 0 saturated heterocycles. The third-order valence-corrected chi connectivity index (χ3v) is 2.18. The molecule has 0 rings (SSSR count). The van der Waals surface area contributed by atoms with Crippen LogP contribution in [0, 0.1) is 0 Å². The van der Waals surface area contributed by atoms with Crippen molar-refractivity contribution >= 4 is 0 Å². The van der Waals surface area contributed by atoms with Crippen molar-refractivity contribution in [3.8, 4) is 0 Å². The second-order valence-corrected chi connectivity index (χ2v) is 3.96. The molecule has 0 aromatic heterocycles. The van der Waals surface area contributed by atoms with E-state index in [0.29, 0.717) is 5.70 Å². The van der Waals surface area contributed by atoms with Crippen LogP contribution in [-0.2, 0) is 0 Å². The van der Waals surface area contributed by atoms with Crippen molar-refractivity contribution in [1.29, 1.82) is 0 Å². The second-order valence-electron chi connectivity index (χ2n) is 3.96. The Balaban J connectivity index is 5.10. The highest BCUT2D eigenvalue weighted by Crippen LogP contribution is 2.13. The molecule has 0 aliphatic heterocycles. The van der Waals surface area contributed by atoms with Crippen molar-refractivity contribution in [2.24, 2.45) is 11.5 Å². The number of nitrogens with two attached hydrogens (primary N) is 2. The summed E-state index contributed by atoms with van der Waals surface area (Å²) < 4.78 is 0. The zero-order chi connectivity index (χ0) is 13.3. The maximum Gasteiger partial charge on any atom is 0.0562 e. The second kappa shape index (κ2) is 8.65. The standard InChI is InChI=1S/C14H25N3/c1-5-8-14(13(16)11-12(4)15)17(9-6-2)10-7-3/h6-8,11-12H,2-3,5,9-10,15-16H2,1,4H3/b13-11+,14-8+. The average Bonchev–Trinajstić information content (AvgIpc) is 2.24. The minimum atomic E-state index is -0.0513. The molecule has 0 aliphatic rings. The van der Waals surface area contributed by atoms with Gasteiger partial charge in [-0.2, -0.15) is 0 Å². The van der Waals surface area contributed by atoms with E-state index in [0.717, 1.165) is 25.2 Å². The van der Waals surface area contributed by atoms with Crippen molar-refractivity contribution < 1.29 is 0 Å². The molecular formula is C14H25N3. The normalized spacial score (nSPS) is 14.3. The molecule has 0 heterocycles. The van der Waals surface area contributed by atoms with Crippen molar-refractivity contribution in [3.63, 3.8) is 0 Å². The van der Waals surface area contributed by atoms with Crippen LogP contribution >= 0.6 is 0 Å². The van der Waals surface area contributed by atoms with E-state index < -0.39 is 0 Å². The van der Waals surface area contributed by atoms with Crippen LogP contribution in [0.15, 0.2) is 48.9 Å². The lowest BCUT2D eigenvalue weighted by Gasteiger charge is -2.25. The van der Waals surface area contributed by atoms with Gasteiger partial charge in [-0.1, -0.05) is 25.2 Å². The van der Waals surface area contributed by atoms with E-state index in [9.17, 15) is 0 Å². The fraction of sp³-hybridized carbons (Fsp3) is 0.429. The zero-order valence-electron chi connectivity index (χ0n) is 11.0. The van der Waals surface area contributed by atoms with E-state index in [1.165, 1.54) is 0 Å². The Hall–Kier alpha value is -1.48. The summed E-state index contributed by atoms with van der Waals surface area (Å²) in [7, 11) is 0. The third kappa shape index (κ3) is 5.97. The van der Waals surface area contributed by atoms with Crippen molar-refractivity contribution in [2.75, 3.05) is 13.1 Å². The van der Waals surface area contributed by atoms with E-state index in [2.05, 4.69) is 31.1 Å². The van der Waals surface area contributed by atoms with E-state index >= 15 is 0 Å². The molecule has 0 saturated carbocycles. The summed E-state index contributed by atoms with van der Waals surface area (Å²) in [4.78, 5) is 2.12. The predicted molar refractivity (Wildman–Crippen MR) is 76.3 cm³/mol. The molecule has 0 bridgehead atoms. The Morgan fingerprint density at radius 1 is 1.29 bits per heavy atom. The van der Waals surface area contributed by atoms with Crippen LogP contribution in [0.2, 0.25) is 0 Å². The maximum atomic E-state index is 6.07. The summed E-state index contributed by atoms with van der Waals surface area (Å²) in [5.41, 5.74) is 13.5. The average molecular weight is 235 g/mol. The maximum absolute atomic E-state index is 6.07. The summed E-state index contributed by atoms with van der Waals surface area (Å²) >= 11 is 0. The molecule has 0 spiro atoms. The van der Waals surface area contributed by atoms with Gasteiger partial charge in [0.15, 0.2) is 0 Å². The number of allylic oxidation sites excluding steroid dienone is 1. The molecule has 0 radical (unpaired) electrons. The molecule has 0 aliphatic carbocycles. The van der Waals surface area contributed by atoms with Crippen LogP contribution in [0.25, 0.3) is 0 Å². The first kappa shape index (κ1) is 15.5. The fourth-order valence-corrected chi connectivity index (χ4v) is 1.57. The van der Waals surface area contributed by atoms with Crippen LogP contribution in [-0.4, -0.2) is 24.0 Å². The van der Waals surface area contributed by atoms with Gasteiger partial charge in [0.2, 0.25) is 0 Å². The number of rotatable bonds is 8. The summed E-state index contributed by atoms with van der Waals surface area (Å²) in [6.45, 7) is 13.0. The van der Waals surface area contributed by atoms with E-state index in [-0.39, 0.29) is 6.04 Å². The van der Waals surface area contributed by atoms with Gasteiger partial charge in [-0.25, -0.2) is 0 Å². The van der Waals surface area contributed by atoms with Crippen molar-refractivity contribution in [3.05, 3.63) is 48.9 Å². The first-order valence-corrected chi connectivity index (χ1v) is 5.96. The first-order valence-electron chi connectivity index (χ1n) is 5.96. The smallest absolute Gasteiger partial charge is 0.0562 e. The Labute approximate surface area is 105 Å². The highest BCUT2D eigenvalue weighted by molar-refractivity contribution is 5.29. The van der Waals surface area contributed by atoms with Gasteiger partial charge < -0.3 is 16.4 Å². The molecule has 1 atom stereocenters. The highest BCUT2D eigenvalue weighted by atomic mass is 15.1. The number of hydrogen-bond acceptors (Lipinski definition) is 3. The lowest BCUT2D eigenvalue weighted by Crippen LogP contribution is -2.28. The van der Waals surface area contributed by atoms with Gasteiger partial charge in [-0.15, -0.1) is 13.2 Å². The van der Waals surface area contributed by atoms with Crippen LogP contribution < -0.4 is 11.5 Å². The monoisotopic (exact) mass is 235 g/mol. The number of nitrogens with zero attached hydrogens (tertiary/aromatic N) is 1. The molecule has 1 unspecified atom stereocenters. The van der Waals surface area contributed by atoms with Gasteiger partial charge in [-0.05, 0) is 19.4 Å². The SMILES string of the molecule is C=CCN(CC=C)C(=C/CC)/C(N)=C\C(C)N. The fourth-order valence-electron chi connectivity index (χ4n) is 1.57. The zero-order valence-corrected chi connectivity index (χ0v) is 11.0. The molecule has 4 N–H and O–H groups in total. The van der Waals surface area contributed by atoms with Crippen LogP contribution in [0.3, 0.4) is 0 Å². The molecule has 3 heteroatoms. The Bertz CT molecular complexity index is 291. The van der Waals surface area contributed by atoms with Crippen LogP contribution in [0.5, 0.6) is 0 Å². The van der Waals surface area contributed by atoms with E-state index in [4.69, 9.17) is 11.5 Å². The van der Waals surface area contributed by atoms with E-state index in [1.807, 2.05) is 25.2 Å². The molecular weight excluding hydrogens is 210 g/mol. The predicted octanol–water partition coefficient (Wildman–Crippen LogP) is 2.14. The molecule has 0 aromatic carbocycles.